The topological polar surface area (TPSA) is 61.4 Å². The van der Waals surface area contributed by atoms with Gasteiger partial charge in [-0.05, 0) is 26.8 Å². The Kier molecular flexibility index (Phi) is 3.69. The summed E-state index contributed by atoms with van der Waals surface area (Å²) in [7, 11) is 0. The van der Waals surface area contributed by atoms with Gasteiger partial charge in [-0.15, -0.1) is 0 Å². The number of aliphatic hydroxyl groups is 1. The third kappa shape index (κ3) is 2.97. The van der Waals surface area contributed by atoms with E-state index < -0.39 is 6.10 Å². The molecule has 1 aliphatic heterocycles. The molecule has 0 aliphatic carbocycles. The normalized spacial score (nSPS) is 30.1. The predicted molar refractivity (Wildman–Crippen MR) is 50.3 cm³/mol. The second kappa shape index (κ2) is 4.58. The number of carbonyl (C=O) groups excluding carboxylic acids is 1. The highest BCUT2D eigenvalue weighted by atomic mass is 16.3. The first kappa shape index (κ1) is 10.5. The van der Waals surface area contributed by atoms with Crippen LogP contribution in [0.5, 0.6) is 0 Å². The zero-order valence-corrected chi connectivity index (χ0v) is 8.21. The molecule has 4 nitrogen and oxygen atoms in total. The van der Waals surface area contributed by atoms with Crippen molar-refractivity contribution in [3.05, 3.63) is 0 Å². The highest BCUT2D eigenvalue weighted by Gasteiger charge is 2.28. The fourth-order valence-electron chi connectivity index (χ4n) is 1.60. The van der Waals surface area contributed by atoms with E-state index in [4.69, 9.17) is 5.11 Å². The summed E-state index contributed by atoms with van der Waals surface area (Å²) < 4.78 is 0. The summed E-state index contributed by atoms with van der Waals surface area (Å²) in [6, 6.07) is 0.258. The second-order valence-corrected chi connectivity index (χ2v) is 3.73. The average molecular weight is 186 g/mol. The Balaban J connectivity index is 2.30. The number of aliphatic hydroxyl groups excluding tert-OH is 1. The molecule has 1 rings (SSSR count). The van der Waals surface area contributed by atoms with E-state index in [1.54, 1.807) is 6.92 Å². The lowest BCUT2D eigenvalue weighted by Crippen LogP contribution is -2.39. The van der Waals surface area contributed by atoms with Crippen LogP contribution in [-0.2, 0) is 4.79 Å². The van der Waals surface area contributed by atoms with Crippen molar-refractivity contribution in [2.45, 2.75) is 32.4 Å². The summed E-state index contributed by atoms with van der Waals surface area (Å²) in [5.41, 5.74) is 0. The van der Waals surface area contributed by atoms with Gasteiger partial charge in [-0.25, -0.2) is 0 Å². The molecule has 3 N–H and O–H groups in total. The maximum absolute atomic E-state index is 11.5. The molecule has 0 aromatic heterocycles. The highest BCUT2D eigenvalue weighted by molar-refractivity contribution is 5.79. The minimum absolute atomic E-state index is 0.0541. The molecule has 0 saturated carbocycles. The van der Waals surface area contributed by atoms with Gasteiger partial charge in [0.25, 0.3) is 0 Å². The van der Waals surface area contributed by atoms with Gasteiger partial charge in [-0.3, -0.25) is 4.79 Å². The van der Waals surface area contributed by atoms with Crippen LogP contribution in [0.1, 0.15) is 20.3 Å². The largest absolute Gasteiger partial charge is 0.392 e. The van der Waals surface area contributed by atoms with E-state index in [1.807, 2.05) is 6.92 Å². The van der Waals surface area contributed by atoms with Crippen LogP contribution in [0, 0.1) is 5.92 Å². The fraction of sp³-hybridized carbons (Fsp3) is 0.889. The van der Waals surface area contributed by atoms with E-state index in [-0.39, 0.29) is 17.9 Å². The van der Waals surface area contributed by atoms with E-state index in [1.165, 1.54) is 0 Å². The zero-order chi connectivity index (χ0) is 9.84. The molecule has 0 bridgehead atoms. The molecule has 0 radical (unpaired) electrons. The summed E-state index contributed by atoms with van der Waals surface area (Å²) in [5.74, 6) is 0.122. The molecule has 0 spiro atoms. The van der Waals surface area contributed by atoms with Gasteiger partial charge in [0, 0.05) is 12.6 Å². The van der Waals surface area contributed by atoms with Gasteiger partial charge in [-0.1, -0.05) is 0 Å². The molecule has 2 unspecified atom stereocenters. The van der Waals surface area contributed by atoms with Crippen molar-refractivity contribution in [1.82, 2.24) is 10.6 Å². The Morgan fingerprint density at radius 1 is 1.77 bits per heavy atom. The second-order valence-electron chi connectivity index (χ2n) is 3.73. The Hall–Kier alpha value is -0.610. The Bertz CT molecular complexity index is 182. The van der Waals surface area contributed by atoms with E-state index in [2.05, 4.69) is 10.6 Å². The first-order chi connectivity index (χ1) is 6.11. The number of hydrogen-bond acceptors (Lipinski definition) is 3. The molecule has 1 amide bonds. The summed E-state index contributed by atoms with van der Waals surface area (Å²) in [5, 5.41) is 14.9. The minimum atomic E-state index is -0.464. The van der Waals surface area contributed by atoms with Crippen LogP contribution in [-0.4, -0.2) is 36.2 Å². The molecule has 0 aromatic rings. The van der Waals surface area contributed by atoms with Crippen LogP contribution in [0.2, 0.25) is 0 Å². The van der Waals surface area contributed by atoms with Crippen molar-refractivity contribution in [3.8, 4) is 0 Å². The van der Waals surface area contributed by atoms with Gasteiger partial charge in [0.05, 0.1) is 12.0 Å². The molecule has 1 heterocycles. The van der Waals surface area contributed by atoms with Crippen LogP contribution in [0.25, 0.3) is 0 Å². The van der Waals surface area contributed by atoms with Gasteiger partial charge in [-0.2, -0.15) is 0 Å². The predicted octanol–water partition coefficient (Wildman–Crippen LogP) is -0.519. The van der Waals surface area contributed by atoms with Gasteiger partial charge < -0.3 is 15.7 Å². The van der Waals surface area contributed by atoms with Gasteiger partial charge >= 0.3 is 0 Å². The number of rotatable bonds is 3. The standard InChI is InChI=1S/C9H18N2O2/c1-6(12)5-11-9(13)8-3-4-10-7(8)2/h6-8,10,12H,3-5H2,1-2H3,(H,11,13)/t6-,7?,8?/m0/s1. The summed E-state index contributed by atoms with van der Waals surface area (Å²) in [4.78, 5) is 11.5. The lowest BCUT2D eigenvalue weighted by Gasteiger charge is -2.15. The van der Waals surface area contributed by atoms with Crippen LogP contribution < -0.4 is 10.6 Å². The zero-order valence-electron chi connectivity index (χ0n) is 8.21. The molecule has 1 saturated heterocycles. The Morgan fingerprint density at radius 2 is 2.46 bits per heavy atom. The number of nitrogens with one attached hydrogen (secondary N) is 2. The van der Waals surface area contributed by atoms with Crippen molar-refractivity contribution >= 4 is 5.91 Å². The van der Waals surface area contributed by atoms with E-state index >= 15 is 0 Å². The lowest BCUT2D eigenvalue weighted by molar-refractivity contribution is -0.125. The van der Waals surface area contributed by atoms with Crippen LogP contribution >= 0.6 is 0 Å². The van der Waals surface area contributed by atoms with Crippen molar-refractivity contribution in [2.24, 2.45) is 5.92 Å². The van der Waals surface area contributed by atoms with E-state index in [9.17, 15) is 4.79 Å². The van der Waals surface area contributed by atoms with Crippen LogP contribution in [0.15, 0.2) is 0 Å². The van der Waals surface area contributed by atoms with E-state index in [0.717, 1.165) is 13.0 Å². The molecule has 13 heavy (non-hydrogen) atoms. The Morgan fingerprint density at radius 3 is 2.92 bits per heavy atom. The third-order valence-electron chi connectivity index (χ3n) is 2.43. The maximum atomic E-state index is 11.5. The molecular weight excluding hydrogens is 168 g/mol. The van der Waals surface area contributed by atoms with Crippen molar-refractivity contribution in [1.29, 1.82) is 0 Å². The maximum Gasteiger partial charge on any atom is 0.224 e. The molecule has 1 aliphatic rings. The van der Waals surface area contributed by atoms with Crippen LogP contribution in [0.4, 0.5) is 0 Å². The molecule has 1 fully saturated rings. The molecule has 0 aromatic carbocycles. The first-order valence-corrected chi connectivity index (χ1v) is 4.80. The third-order valence-corrected chi connectivity index (χ3v) is 2.43. The summed E-state index contributed by atoms with van der Waals surface area (Å²) in [6.07, 6.45) is 0.431. The average Bonchev–Trinajstić information content (AvgIpc) is 2.47. The molecular formula is C9H18N2O2. The Labute approximate surface area is 78.7 Å². The van der Waals surface area contributed by atoms with Crippen molar-refractivity contribution in [3.63, 3.8) is 0 Å². The molecule has 4 heteroatoms. The van der Waals surface area contributed by atoms with Crippen LogP contribution in [0.3, 0.4) is 0 Å². The number of amides is 1. The van der Waals surface area contributed by atoms with Crippen molar-refractivity contribution < 1.29 is 9.90 Å². The fourth-order valence-corrected chi connectivity index (χ4v) is 1.60. The number of hydrogen-bond donors (Lipinski definition) is 3. The summed E-state index contributed by atoms with van der Waals surface area (Å²) in [6.45, 7) is 4.94. The van der Waals surface area contributed by atoms with Crippen molar-refractivity contribution in [2.75, 3.05) is 13.1 Å². The van der Waals surface area contributed by atoms with Gasteiger partial charge in [0.15, 0.2) is 0 Å². The van der Waals surface area contributed by atoms with E-state index in [0.29, 0.717) is 6.54 Å². The smallest absolute Gasteiger partial charge is 0.224 e. The SMILES string of the molecule is CC1NCCC1C(=O)NC[C@H](C)O. The minimum Gasteiger partial charge on any atom is -0.392 e. The van der Waals surface area contributed by atoms with Gasteiger partial charge in [0.2, 0.25) is 5.91 Å². The first-order valence-electron chi connectivity index (χ1n) is 4.80. The molecule has 76 valence electrons. The monoisotopic (exact) mass is 186 g/mol. The number of carbonyl (C=O) groups is 1. The quantitative estimate of drug-likeness (QED) is 0.556. The lowest BCUT2D eigenvalue weighted by atomic mass is 10.0. The summed E-state index contributed by atoms with van der Waals surface area (Å²) >= 11 is 0. The van der Waals surface area contributed by atoms with Gasteiger partial charge in [0.1, 0.15) is 0 Å². The highest BCUT2D eigenvalue weighted by Crippen LogP contribution is 2.14. The molecule has 3 atom stereocenters.